The van der Waals surface area contributed by atoms with E-state index in [-0.39, 0.29) is 18.6 Å². The van der Waals surface area contributed by atoms with E-state index in [2.05, 4.69) is 24.4 Å². The number of aliphatic hydroxyl groups excluding tert-OH is 1. The molecule has 1 saturated heterocycles. The number of nitrogens with zero attached hydrogens (tertiary/aromatic N) is 1. The van der Waals surface area contributed by atoms with Crippen molar-refractivity contribution in [2.75, 3.05) is 24.6 Å². The molecule has 2 rings (SSSR count). The number of benzene rings is 1. The SMILES string of the molecule is CCc1ccc(N2CC(=O)NC(CO)C2)cc1. The molecule has 1 aliphatic rings. The smallest absolute Gasteiger partial charge is 0.239 e. The number of nitrogens with one attached hydrogen (secondary N) is 1. The van der Waals surface area contributed by atoms with E-state index < -0.39 is 0 Å². The Kier molecular flexibility index (Phi) is 3.64. The van der Waals surface area contributed by atoms with Gasteiger partial charge in [0.15, 0.2) is 0 Å². The predicted octanol–water partition coefficient (Wildman–Crippen LogP) is 0.546. The van der Waals surface area contributed by atoms with Crippen molar-refractivity contribution in [2.45, 2.75) is 19.4 Å². The third kappa shape index (κ3) is 2.77. The van der Waals surface area contributed by atoms with Crippen LogP contribution in [0.1, 0.15) is 12.5 Å². The van der Waals surface area contributed by atoms with Crippen LogP contribution in [0.4, 0.5) is 5.69 Å². The van der Waals surface area contributed by atoms with E-state index in [1.807, 2.05) is 17.0 Å². The summed E-state index contributed by atoms with van der Waals surface area (Å²) in [6.07, 6.45) is 1.01. The van der Waals surface area contributed by atoms with E-state index >= 15 is 0 Å². The first-order chi connectivity index (χ1) is 8.22. The van der Waals surface area contributed by atoms with Crippen LogP contribution in [0.25, 0.3) is 0 Å². The van der Waals surface area contributed by atoms with Crippen molar-refractivity contribution in [1.82, 2.24) is 5.32 Å². The first kappa shape index (κ1) is 11.9. The Hall–Kier alpha value is -1.55. The van der Waals surface area contributed by atoms with Crippen molar-refractivity contribution in [1.29, 1.82) is 0 Å². The number of aliphatic hydroxyl groups is 1. The zero-order chi connectivity index (χ0) is 12.3. The fourth-order valence-corrected chi connectivity index (χ4v) is 2.07. The van der Waals surface area contributed by atoms with Crippen LogP contribution in [0, 0.1) is 0 Å². The molecule has 1 aliphatic heterocycles. The standard InChI is InChI=1S/C13H18N2O2/c1-2-10-3-5-12(6-4-10)15-7-11(9-16)14-13(17)8-15/h3-6,11,16H,2,7-9H2,1H3,(H,14,17). The maximum atomic E-state index is 11.5. The molecule has 17 heavy (non-hydrogen) atoms. The highest BCUT2D eigenvalue weighted by Gasteiger charge is 2.23. The number of hydrogen-bond donors (Lipinski definition) is 2. The second kappa shape index (κ2) is 5.19. The predicted molar refractivity (Wildman–Crippen MR) is 67.0 cm³/mol. The monoisotopic (exact) mass is 234 g/mol. The van der Waals surface area contributed by atoms with E-state index in [0.29, 0.717) is 13.1 Å². The van der Waals surface area contributed by atoms with Gasteiger partial charge in [0, 0.05) is 12.2 Å². The van der Waals surface area contributed by atoms with Gasteiger partial charge in [0.2, 0.25) is 5.91 Å². The van der Waals surface area contributed by atoms with Crippen LogP contribution in [-0.4, -0.2) is 36.8 Å². The number of aryl methyl sites for hydroxylation is 1. The van der Waals surface area contributed by atoms with Crippen LogP contribution >= 0.6 is 0 Å². The number of anilines is 1. The van der Waals surface area contributed by atoms with Gasteiger partial charge in [-0.2, -0.15) is 0 Å². The minimum absolute atomic E-state index is 0.0186. The lowest BCUT2D eigenvalue weighted by Gasteiger charge is -2.33. The van der Waals surface area contributed by atoms with E-state index in [9.17, 15) is 4.79 Å². The zero-order valence-electron chi connectivity index (χ0n) is 10.0. The molecule has 0 aromatic heterocycles. The molecule has 1 heterocycles. The number of hydrogen-bond acceptors (Lipinski definition) is 3. The molecule has 1 aromatic carbocycles. The van der Waals surface area contributed by atoms with Gasteiger partial charge in [-0.15, -0.1) is 0 Å². The average Bonchev–Trinajstić information content (AvgIpc) is 2.38. The molecule has 1 unspecified atom stereocenters. The largest absolute Gasteiger partial charge is 0.394 e. The summed E-state index contributed by atoms with van der Waals surface area (Å²) in [6, 6.07) is 8.06. The van der Waals surface area contributed by atoms with Gasteiger partial charge in [0.25, 0.3) is 0 Å². The Bertz CT molecular complexity index is 389. The molecule has 0 saturated carbocycles. The minimum Gasteiger partial charge on any atom is -0.394 e. The molecule has 0 aliphatic carbocycles. The number of rotatable bonds is 3. The van der Waals surface area contributed by atoms with E-state index in [4.69, 9.17) is 5.11 Å². The second-order valence-corrected chi connectivity index (χ2v) is 4.35. The molecule has 1 atom stereocenters. The summed E-state index contributed by atoms with van der Waals surface area (Å²) >= 11 is 0. The molecule has 0 spiro atoms. The maximum Gasteiger partial charge on any atom is 0.239 e. The highest BCUT2D eigenvalue weighted by Crippen LogP contribution is 2.17. The first-order valence-electron chi connectivity index (χ1n) is 5.97. The number of amides is 1. The average molecular weight is 234 g/mol. The molecule has 4 nitrogen and oxygen atoms in total. The second-order valence-electron chi connectivity index (χ2n) is 4.35. The van der Waals surface area contributed by atoms with Crippen LogP contribution in [0.5, 0.6) is 0 Å². The van der Waals surface area contributed by atoms with Crippen molar-refractivity contribution in [2.24, 2.45) is 0 Å². The lowest BCUT2D eigenvalue weighted by atomic mass is 10.1. The van der Waals surface area contributed by atoms with Crippen LogP contribution in [0.3, 0.4) is 0 Å². The quantitative estimate of drug-likeness (QED) is 0.803. The van der Waals surface area contributed by atoms with Crippen LogP contribution in [0.2, 0.25) is 0 Å². The van der Waals surface area contributed by atoms with Crippen molar-refractivity contribution in [3.63, 3.8) is 0 Å². The van der Waals surface area contributed by atoms with E-state index in [1.54, 1.807) is 0 Å². The minimum atomic E-state index is -0.165. The van der Waals surface area contributed by atoms with Crippen molar-refractivity contribution >= 4 is 11.6 Å². The topological polar surface area (TPSA) is 52.6 Å². The van der Waals surface area contributed by atoms with E-state index in [0.717, 1.165) is 12.1 Å². The highest BCUT2D eigenvalue weighted by molar-refractivity contribution is 5.83. The fraction of sp³-hybridized carbons (Fsp3) is 0.462. The van der Waals surface area contributed by atoms with E-state index in [1.165, 1.54) is 5.56 Å². The van der Waals surface area contributed by atoms with Crippen molar-refractivity contribution in [3.8, 4) is 0 Å². The van der Waals surface area contributed by atoms with Crippen LogP contribution in [-0.2, 0) is 11.2 Å². The van der Waals surface area contributed by atoms with Gasteiger partial charge >= 0.3 is 0 Å². The molecular formula is C13H18N2O2. The summed E-state index contributed by atoms with van der Waals surface area (Å²) < 4.78 is 0. The summed E-state index contributed by atoms with van der Waals surface area (Å²) in [5, 5.41) is 11.9. The molecule has 0 radical (unpaired) electrons. The van der Waals surface area contributed by atoms with Crippen molar-refractivity contribution in [3.05, 3.63) is 29.8 Å². The lowest BCUT2D eigenvalue weighted by molar-refractivity contribution is -0.121. The van der Waals surface area contributed by atoms with Gasteiger partial charge < -0.3 is 15.3 Å². The Morgan fingerprint density at radius 2 is 2.12 bits per heavy atom. The Labute approximate surface area is 101 Å². The fourth-order valence-electron chi connectivity index (χ4n) is 2.07. The first-order valence-corrected chi connectivity index (χ1v) is 5.97. The third-order valence-corrected chi connectivity index (χ3v) is 3.07. The molecular weight excluding hydrogens is 216 g/mol. The van der Waals surface area contributed by atoms with Gasteiger partial charge in [0.05, 0.1) is 19.2 Å². The lowest BCUT2D eigenvalue weighted by Crippen LogP contribution is -2.55. The maximum absolute atomic E-state index is 11.5. The Balaban J connectivity index is 2.12. The summed E-state index contributed by atoms with van der Waals surface area (Å²) in [5.74, 6) is -0.0325. The van der Waals surface area contributed by atoms with Gasteiger partial charge in [-0.25, -0.2) is 0 Å². The van der Waals surface area contributed by atoms with Crippen molar-refractivity contribution < 1.29 is 9.90 Å². The molecule has 92 valence electrons. The molecule has 2 N–H and O–H groups in total. The van der Waals surface area contributed by atoms with Gasteiger partial charge in [-0.1, -0.05) is 19.1 Å². The number of piperazine rings is 1. The molecule has 1 aromatic rings. The number of carbonyl (C=O) groups is 1. The zero-order valence-corrected chi connectivity index (χ0v) is 10.0. The third-order valence-electron chi connectivity index (χ3n) is 3.07. The summed E-state index contributed by atoms with van der Waals surface area (Å²) in [7, 11) is 0. The van der Waals surface area contributed by atoms with Crippen LogP contribution < -0.4 is 10.2 Å². The van der Waals surface area contributed by atoms with Gasteiger partial charge in [-0.3, -0.25) is 4.79 Å². The van der Waals surface area contributed by atoms with Gasteiger partial charge in [-0.05, 0) is 24.1 Å². The molecule has 1 amide bonds. The summed E-state index contributed by atoms with van der Waals surface area (Å²) in [6.45, 7) is 3.12. The highest BCUT2D eigenvalue weighted by atomic mass is 16.3. The normalized spacial score (nSPS) is 20.2. The Morgan fingerprint density at radius 1 is 1.41 bits per heavy atom. The Morgan fingerprint density at radius 3 is 2.71 bits per heavy atom. The molecule has 0 bridgehead atoms. The molecule has 4 heteroatoms. The van der Waals surface area contributed by atoms with Crippen LogP contribution in [0.15, 0.2) is 24.3 Å². The number of carbonyl (C=O) groups excluding carboxylic acids is 1. The molecule has 1 fully saturated rings. The van der Waals surface area contributed by atoms with Gasteiger partial charge in [0.1, 0.15) is 0 Å². The summed E-state index contributed by atoms with van der Waals surface area (Å²) in [4.78, 5) is 13.5. The summed E-state index contributed by atoms with van der Waals surface area (Å²) in [5.41, 5.74) is 2.32.